The van der Waals surface area contributed by atoms with Gasteiger partial charge in [-0.15, -0.1) is 0 Å². The van der Waals surface area contributed by atoms with Gasteiger partial charge < -0.3 is 10.1 Å². The second-order valence-corrected chi connectivity index (χ2v) is 4.98. The van der Waals surface area contributed by atoms with Gasteiger partial charge in [0, 0.05) is 12.1 Å². The summed E-state index contributed by atoms with van der Waals surface area (Å²) in [6, 6.07) is 7.56. The maximum Gasteiger partial charge on any atom is 0.418 e. The van der Waals surface area contributed by atoms with Gasteiger partial charge in [0.25, 0.3) is 11.6 Å². The fourth-order valence-electron chi connectivity index (χ4n) is 2.04. The molecule has 0 aliphatic carbocycles. The van der Waals surface area contributed by atoms with Gasteiger partial charge in [-0.05, 0) is 18.2 Å². The standard InChI is InChI=1S/C16H11F3N2O5/c17-16(18,19)12-3-1-2-4-13(12)20-15(23)9-26-14-6-5-11(21(24)25)7-10(14)8-22/h1-8H,9H2,(H,20,23). The Hall–Kier alpha value is -3.43. The third-order valence-corrected chi connectivity index (χ3v) is 3.20. The monoisotopic (exact) mass is 368 g/mol. The molecule has 0 saturated heterocycles. The van der Waals surface area contributed by atoms with Crippen LogP contribution in [0, 0.1) is 10.1 Å². The zero-order valence-corrected chi connectivity index (χ0v) is 12.9. The first-order valence-electron chi connectivity index (χ1n) is 7.05. The molecule has 136 valence electrons. The highest BCUT2D eigenvalue weighted by Crippen LogP contribution is 2.34. The number of ether oxygens (including phenoxy) is 1. The van der Waals surface area contributed by atoms with Crippen LogP contribution in [0.5, 0.6) is 5.75 Å². The number of aldehydes is 1. The van der Waals surface area contributed by atoms with Gasteiger partial charge in [0.1, 0.15) is 5.75 Å². The van der Waals surface area contributed by atoms with Crippen LogP contribution in [0.15, 0.2) is 42.5 Å². The fourth-order valence-corrected chi connectivity index (χ4v) is 2.04. The quantitative estimate of drug-likeness (QED) is 0.478. The molecule has 0 aliphatic rings. The van der Waals surface area contributed by atoms with Gasteiger partial charge in [-0.1, -0.05) is 12.1 Å². The Bertz CT molecular complexity index is 852. The number of halogens is 3. The third-order valence-electron chi connectivity index (χ3n) is 3.20. The average molecular weight is 368 g/mol. The van der Waals surface area contributed by atoms with Crippen LogP contribution in [-0.4, -0.2) is 23.7 Å². The number of benzene rings is 2. The summed E-state index contributed by atoms with van der Waals surface area (Å²) in [5.41, 5.74) is -1.96. The topological polar surface area (TPSA) is 98.5 Å². The van der Waals surface area contributed by atoms with E-state index in [9.17, 15) is 32.9 Å². The summed E-state index contributed by atoms with van der Waals surface area (Å²) in [5.74, 6) is -0.998. The van der Waals surface area contributed by atoms with Crippen LogP contribution in [0.2, 0.25) is 0 Å². The summed E-state index contributed by atoms with van der Waals surface area (Å²) in [4.78, 5) is 32.7. The summed E-state index contributed by atoms with van der Waals surface area (Å²) in [6.45, 7) is -0.690. The van der Waals surface area contributed by atoms with Gasteiger partial charge in [0.05, 0.1) is 21.7 Å². The van der Waals surface area contributed by atoms with Crippen LogP contribution in [-0.2, 0) is 11.0 Å². The first kappa shape index (κ1) is 18.9. The second-order valence-electron chi connectivity index (χ2n) is 4.98. The normalized spacial score (nSPS) is 10.9. The molecule has 0 heterocycles. The van der Waals surface area contributed by atoms with E-state index >= 15 is 0 Å². The lowest BCUT2D eigenvalue weighted by molar-refractivity contribution is -0.384. The molecule has 0 unspecified atom stereocenters. The van der Waals surface area contributed by atoms with Crippen LogP contribution in [0.4, 0.5) is 24.5 Å². The number of hydrogen-bond acceptors (Lipinski definition) is 5. The number of anilines is 1. The number of alkyl halides is 3. The van der Waals surface area contributed by atoms with Crippen LogP contribution in [0.3, 0.4) is 0 Å². The lowest BCUT2D eigenvalue weighted by atomic mass is 10.1. The third kappa shape index (κ3) is 4.56. The minimum absolute atomic E-state index is 0.107. The Balaban J connectivity index is 2.09. The molecule has 0 bridgehead atoms. The Morgan fingerprint density at radius 2 is 1.92 bits per heavy atom. The van der Waals surface area contributed by atoms with E-state index in [1.807, 2.05) is 0 Å². The van der Waals surface area contributed by atoms with E-state index in [0.717, 1.165) is 30.3 Å². The summed E-state index contributed by atoms with van der Waals surface area (Å²) in [7, 11) is 0. The number of nitrogens with one attached hydrogen (secondary N) is 1. The number of amides is 1. The van der Waals surface area contributed by atoms with Crippen molar-refractivity contribution in [1.29, 1.82) is 0 Å². The van der Waals surface area contributed by atoms with Crippen LogP contribution >= 0.6 is 0 Å². The van der Waals surface area contributed by atoms with E-state index in [1.54, 1.807) is 0 Å². The molecule has 0 saturated carbocycles. The van der Waals surface area contributed by atoms with Gasteiger partial charge in [0.2, 0.25) is 0 Å². The van der Waals surface area contributed by atoms with Crippen LogP contribution < -0.4 is 10.1 Å². The smallest absolute Gasteiger partial charge is 0.418 e. The Morgan fingerprint density at radius 3 is 2.54 bits per heavy atom. The summed E-state index contributed by atoms with van der Waals surface area (Å²) >= 11 is 0. The van der Waals surface area contributed by atoms with Crippen molar-refractivity contribution in [1.82, 2.24) is 0 Å². The van der Waals surface area contributed by atoms with Crippen molar-refractivity contribution < 1.29 is 32.4 Å². The molecule has 1 N–H and O–H groups in total. The molecule has 2 rings (SSSR count). The molecule has 0 radical (unpaired) electrons. The minimum Gasteiger partial charge on any atom is -0.483 e. The number of carbonyl (C=O) groups is 2. The van der Waals surface area contributed by atoms with E-state index in [4.69, 9.17) is 4.74 Å². The van der Waals surface area contributed by atoms with Crippen molar-refractivity contribution in [2.75, 3.05) is 11.9 Å². The first-order chi connectivity index (χ1) is 12.2. The van der Waals surface area contributed by atoms with Crippen LogP contribution in [0.1, 0.15) is 15.9 Å². The summed E-state index contributed by atoms with van der Waals surface area (Å²) in [5, 5.41) is 12.7. The van der Waals surface area contributed by atoms with Gasteiger partial charge in [-0.25, -0.2) is 0 Å². The zero-order chi connectivity index (χ0) is 19.3. The highest BCUT2D eigenvalue weighted by atomic mass is 19.4. The van der Waals surface area contributed by atoms with Gasteiger partial charge in [0.15, 0.2) is 12.9 Å². The predicted octanol–water partition coefficient (Wildman–Crippen LogP) is 3.44. The molecule has 0 aromatic heterocycles. The van der Waals surface area contributed by atoms with E-state index in [2.05, 4.69) is 5.32 Å². The number of nitro benzene ring substituents is 1. The molecule has 10 heteroatoms. The molecule has 7 nitrogen and oxygen atoms in total. The molecule has 0 aliphatic heterocycles. The van der Waals surface area contributed by atoms with E-state index in [1.165, 1.54) is 12.1 Å². The van der Waals surface area contributed by atoms with E-state index in [-0.39, 0.29) is 17.0 Å². The summed E-state index contributed by atoms with van der Waals surface area (Å²) < 4.78 is 43.7. The maximum atomic E-state index is 12.9. The molecular weight excluding hydrogens is 357 g/mol. The van der Waals surface area contributed by atoms with Gasteiger partial charge in [-0.2, -0.15) is 13.2 Å². The zero-order valence-electron chi connectivity index (χ0n) is 12.9. The van der Waals surface area contributed by atoms with E-state index < -0.39 is 34.9 Å². The number of nitrogens with zero attached hydrogens (tertiary/aromatic N) is 1. The van der Waals surface area contributed by atoms with E-state index in [0.29, 0.717) is 6.29 Å². The molecule has 0 atom stereocenters. The molecular formula is C16H11F3N2O5. The Kier molecular flexibility index (Phi) is 5.55. The molecule has 26 heavy (non-hydrogen) atoms. The highest BCUT2D eigenvalue weighted by Gasteiger charge is 2.33. The molecule has 0 spiro atoms. The lowest BCUT2D eigenvalue weighted by Gasteiger charge is -2.14. The number of nitro groups is 1. The van der Waals surface area contributed by atoms with Crippen molar-refractivity contribution in [2.45, 2.75) is 6.18 Å². The highest BCUT2D eigenvalue weighted by molar-refractivity contribution is 5.93. The Morgan fingerprint density at radius 1 is 1.23 bits per heavy atom. The lowest BCUT2D eigenvalue weighted by Crippen LogP contribution is -2.22. The number of rotatable bonds is 6. The average Bonchev–Trinajstić information content (AvgIpc) is 2.59. The molecule has 1 amide bonds. The Labute approximate surface area is 144 Å². The fraction of sp³-hybridized carbons (Fsp3) is 0.125. The SMILES string of the molecule is O=Cc1cc([N+](=O)[O-])ccc1OCC(=O)Nc1ccccc1C(F)(F)F. The van der Waals surface area contributed by atoms with Crippen molar-refractivity contribution in [2.24, 2.45) is 0 Å². The van der Waals surface area contributed by atoms with Gasteiger partial charge in [-0.3, -0.25) is 19.7 Å². The number of para-hydroxylation sites is 1. The van der Waals surface area contributed by atoms with Crippen LogP contribution in [0.25, 0.3) is 0 Å². The number of non-ortho nitro benzene ring substituents is 1. The predicted molar refractivity (Wildman–Crippen MR) is 84.1 cm³/mol. The number of hydrogen-bond donors (Lipinski definition) is 1. The molecule has 2 aromatic carbocycles. The summed E-state index contributed by atoms with van der Waals surface area (Å²) in [6.07, 6.45) is -4.34. The van der Waals surface area contributed by atoms with Crippen molar-refractivity contribution >= 4 is 23.6 Å². The van der Waals surface area contributed by atoms with Crippen molar-refractivity contribution in [3.8, 4) is 5.75 Å². The van der Waals surface area contributed by atoms with Gasteiger partial charge >= 0.3 is 6.18 Å². The first-order valence-corrected chi connectivity index (χ1v) is 7.05. The van der Waals surface area contributed by atoms with Crippen molar-refractivity contribution in [3.05, 3.63) is 63.7 Å². The van der Waals surface area contributed by atoms with Crippen molar-refractivity contribution in [3.63, 3.8) is 0 Å². The largest absolute Gasteiger partial charge is 0.483 e. The molecule has 2 aromatic rings. The minimum atomic E-state index is -4.65. The maximum absolute atomic E-state index is 12.9. The second kappa shape index (κ2) is 7.64. The number of carbonyl (C=O) groups excluding carboxylic acids is 2. The molecule has 0 fully saturated rings.